The Morgan fingerprint density at radius 2 is 2.11 bits per heavy atom. The summed E-state index contributed by atoms with van der Waals surface area (Å²) in [5.41, 5.74) is 2.53. The molecule has 0 spiro atoms. The zero-order valence-electron chi connectivity index (χ0n) is 10.9. The summed E-state index contributed by atoms with van der Waals surface area (Å²) in [5.74, 6) is 0.950. The molecule has 3 rings (SSSR count). The Hall–Kier alpha value is -1.87. The molecule has 0 bridgehead atoms. The van der Waals surface area contributed by atoms with Crippen LogP contribution in [-0.4, -0.2) is 24.7 Å². The number of para-hydroxylation sites is 1. The van der Waals surface area contributed by atoms with Gasteiger partial charge < -0.3 is 10.1 Å². The number of hydrogen-bond acceptors (Lipinski definition) is 3. The minimum absolute atomic E-state index is 0.767. The van der Waals surface area contributed by atoms with Crippen LogP contribution < -0.4 is 5.32 Å². The van der Waals surface area contributed by atoms with Gasteiger partial charge in [-0.3, -0.25) is 0 Å². The molecule has 1 aromatic carbocycles. The Morgan fingerprint density at radius 3 is 3.00 bits per heavy atom. The standard InChI is InChI=1S/C16H18N2O/c1-2-4-15-14(3-1)5-6-16(18-15)17-10-7-13-8-11-19-12-9-13/h1-6,8H,7,9-12H2,(H,17,18). The van der Waals surface area contributed by atoms with E-state index in [1.54, 1.807) is 0 Å². The number of benzene rings is 1. The SMILES string of the molecule is C1=C(CCNc2ccc3ccccc3n2)CCOC1. The maximum atomic E-state index is 5.30. The van der Waals surface area contributed by atoms with Crippen molar-refractivity contribution in [2.75, 3.05) is 25.1 Å². The molecule has 1 N–H and O–H groups in total. The average molecular weight is 254 g/mol. The van der Waals surface area contributed by atoms with E-state index in [1.807, 2.05) is 24.3 Å². The molecule has 3 nitrogen and oxygen atoms in total. The lowest BCUT2D eigenvalue weighted by molar-refractivity contribution is 0.153. The number of fused-ring (bicyclic) bond motifs is 1. The first kappa shape index (κ1) is 12.2. The number of pyridine rings is 1. The summed E-state index contributed by atoms with van der Waals surface area (Å²) in [4.78, 5) is 4.60. The lowest BCUT2D eigenvalue weighted by Crippen LogP contribution is -2.09. The van der Waals surface area contributed by atoms with Crippen LogP contribution in [0.1, 0.15) is 12.8 Å². The van der Waals surface area contributed by atoms with Crippen molar-refractivity contribution in [1.29, 1.82) is 0 Å². The molecule has 0 radical (unpaired) electrons. The Labute approximate surface area is 113 Å². The monoisotopic (exact) mass is 254 g/mol. The van der Waals surface area contributed by atoms with Crippen molar-refractivity contribution in [3.8, 4) is 0 Å². The second-order valence-corrected chi connectivity index (χ2v) is 4.75. The number of rotatable bonds is 4. The third-order valence-electron chi connectivity index (χ3n) is 3.41. The van der Waals surface area contributed by atoms with E-state index < -0.39 is 0 Å². The summed E-state index contributed by atoms with van der Waals surface area (Å²) < 4.78 is 5.30. The van der Waals surface area contributed by atoms with Crippen molar-refractivity contribution in [3.63, 3.8) is 0 Å². The number of nitrogens with one attached hydrogen (secondary N) is 1. The van der Waals surface area contributed by atoms with E-state index in [0.717, 1.165) is 43.9 Å². The van der Waals surface area contributed by atoms with Crippen LogP contribution in [0.2, 0.25) is 0 Å². The molecule has 98 valence electrons. The highest BCUT2D eigenvalue weighted by Gasteiger charge is 2.03. The Kier molecular flexibility index (Phi) is 3.75. The summed E-state index contributed by atoms with van der Waals surface area (Å²) in [6.45, 7) is 2.56. The highest BCUT2D eigenvalue weighted by molar-refractivity contribution is 5.79. The van der Waals surface area contributed by atoms with Crippen molar-refractivity contribution in [3.05, 3.63) is 48.0 Å². The molecule has 1 aliphatic rings. The van der Waals surface area contributed by atoms with Gasteiger partial charge in [0.25, 0.3) is 0 Å². The molecule has 0 aliphatic carbocycles. The van der Waals surface area contributed by atoms with Gasteiger partial charge in [-0.2, -0.15) is 0 Å². The summed E-state index contributed by atoms with van der Waals surface area (Å²) >= 11 is 0. The molecule has 0 saturated heterocycles. The lowest BCUT2D eigenvalue weighted by atomic mass is 10.1. The molecule has 1 aliphatic heterocycles. The molecule has 1 aromatic heterocycles. The number of aromatic nitrogens is 1. The lowest BCUT2D eigenvalue weighted by Gasteiger charge is -2.14. The van der Waals surface area contributed by atoms with Crippen LogP contribution in [0.15, 0.2) is 48.0 Å². The van der Waals surface area contributed by atoms with E-state index in [4.69, 9.17) is 4.74 Å². The zero-order chi connectivity index (χ0) is 12.9. The molecule has 0 atom stereocenters. The highest BCUT2D eigenvalue weighted by atomic mass is 16.5. The van der Waals surface area contributed by atoms with Crippen LogP contribution in [-0.2, 0) is 4.74 Å². The molecular formula is C16H18N2O. The van der Waals surface area contributed by atoms with Gasteiger partial charge in [0.1, 0.15) is 5.82 Å². The van der Waals surface area contributed by atoms with Gasteiger partial charge in [-0.25, -0.2) is 4.98 Å². The summed E-state index contributed by atoms with van der Waals surface area (Å²) in [5, 5.41) is 4.57. The second kappa shape index (κ2) is 5.85. The minimum Gasteiger partial charge on any atom is -0.377 e. The molecule has 0 amide bonds. The van der Waals surface area contributed by atoms with Crippen LogP contribution >= 0.6 is 0 Å². The highest BCUT2D eigenvalue weighted by Crippen LogP contribution is 2.16. The molecule has 2 heterocycles. The van der Waals surface area contributed by atoms with Gasteiger partial charge in [-0.1, -0.05) is 29.8 Å². The number of ether oxygens (including phenoxy) is 1. The quantitative estimate of drug-likeness (QED) is 0.849. The molecule has 0 saturated carbocycles. The fraction of sp³-hybridized carbons (Fsp3) is 0.312. The van der Waals surface area contributed by atoms with Gasteiger partial charge in [0, 0.05) is 11.9 Å². The van der Waals surface area contributed by atoms with Crippen LogP contribution in [0.25, 0.3) is 10.9 Å². The first-order valence-corrected chi connectivity index (χ1v) is 6.77. The van der Waals surface area contributed by atoms with E-state index >= 15 is 0 Å². The molecular weight excluding hydrogens is 236 g/mol. The van der Waals surface area contributed by atoms with E-state index in [0.29, 0.717) is 0 Å². The van der Waals surface area contributed by atoms with Crippen molar-refractivity contribution >= 4 is 16.7 Å². The van der Waals surface area contributed by atoms with Gasteiger partial charge in [0.05, 0.1) is 18.7 Å². The summed E-state index contributed by atoms with van der Waals surface area (Å²) in [6, 6.07) is 12.3. The predicted molar refractivity (Wildman–Crippen MR) is 78.4 cm³/mol. The number of hydrogen-bond donors (Lipinski definition) is 1. The van der Waals surface area contributed by atoms with E-state index in [-0.39, 0.29) is 0 Å². The van der Waals surface area contributed by atoms with Crippen molar-refractivity contribution < 1.29 is 4.74 Å². The fourth-order valence-electron chi connectivity index (χ4n) is 2.31. The van der Waals surface area contributed by atoms with Gasteiger partial charge in [0.15, 0.2) is 0 Å². The molecule has 3 heteroatoms. The second-order valence-electron chi connectivity index (χ2n) is 4.75. The summed E-state index contributed by atoms with van der Waals surface area (Å²) in [6.07, 6.45) is 4.32. The van der Waals surface area contributed by atoms with Crippen LogP contribution in [0, 0.1) is 0 Å². The van der Waals surface area contributed by atoms with Crippen LogP contribution in [0.5, 0.6) is 0 Å². The molecule has 0 unspecified atom stereocenters. The number of nitrogens with zero attached hydrogens (tertiary/aromatic N) is 1. The minimum atomic E-state index is 0.767. The van der Waals surface area contributed by atoms with Crippen LogP contribution in [0.3, 0.4) is 0 Å². The molecule has 19 heavy (non-hydrogen) atoms. The number of anilines is 1. The first-order valence-electron chi connectivity index (χ1n) is 6.77. The normalized spacial score (nSPS) is 15.3. The third-order valence-corrected chi connectivity index (χ3v) is 3.41. The fourth-order valence-corrected chi connectivity index (χ4v) is 2.31. The Bertz CT molecular complexity index is 592. The third kappa shape index (κ3) is 3.12. The first-order chi connectivity index (χ1) is 9.42. The van der Waals surface area contributed by atoms with Gasteiger partial charge in [0.2, 0.25) is 0 Å². The van der Waals surface area contributed by atoms with Gasteiger partial charge in [-0.05, 0) is 31.0 Å². The van der Waals surface area contributed by atoms with E-state index in [9.17, 15) is 0 Å². The van der Waals surface area contributed by atoms with Crippen molar-refractivity contribution in [1.82, 2.24) is 4.98 Å². The van der Waals surface area contributed by atoms with Gasteiger partial charge in [-0.15, -0.1) is 0 Å². The van der Waals surface area contributed by atoms with Crippen molar-refractivity contribution in [2.45, 2.75) is 12.8 Å². The maximum absolute atomic E-state index is 5.30. The Morgan fingerprint density at radius 1 is 1.16 bits per heavy atom. The average Bonchev–Trinajstić information content (AvgIpc) is 2.48. The van der Waals surface area contributed by atoms with Gasteiger partial charge >= 0.3 is 0 Å². The Balaban J connectivity index is 1.60. The van der Waals surface area contributed by atoms with Crippen LogP contribution in [0.4, 0.5) is 5.82 Å². The summed E-state index contributed by atoms with van der Waals surface area (Å²) in [7, 11) is 0. The molecule has 0 fully saturated rings. The topological polar surface area (TPSA) is 34.2 Å². The molecule has 2 aromatic rings. The maximum Gasteiger partial charge on any atom is 0.126 e. The zero-order valence-corrected chi connectivity index (χ0v) is 10.9. The van der Waals surface area contributed by atoms with E-state index in [1.165, 1.54) is 11.0 Å². The van der Waals surface area contributed by atoms with Crippen molar-refractivity contribution in [2.24, 2.45) is 0 Å². The smallest absolute Gasteiger partial charge is 0.126 e. The largest absolute Gasteiger partial charge is 0.377 e. The predicted octanol–water partition coefficient (Wildman–Crippen LogP) is 3.38. The van der Waals surface area contributed by atoms with E-state index in [2.05, 4.69) is 28.5 Å².